The van der Waals surface area contributed by atoms with Gasteiger partial charge >= 0.3 is 12.4 Å². The van der Waals surface area contributed by atoms with Gasteiger partial charge in [0.25, 0.3) is 0 Å². The Labute approximate surface area is 140 Å². The van der Waals surface area contributed by atoms with Gasteiger partial charge in [-0.1, -0.05) is 0 Å². The van der Waals surface area contributed by atoms with Gasteiger partial charge < -0.3 is 24.9 Å². The van der Waals surface area contributed by atoms with Crippen LogP contribution in [-0.2, 0) is 11.3 Å². The Morgan fingerprint density at radius 2 is 2.12 bits per heavy atom. The number of nitrogens with zero attached hydrogens (tertiary/aromatic N) is 3. The molecule has 0 unspecified atom stereocenters. The van der Waals surface area contributed by atoms with Crippen LogP contribution in [0.25, 0.3) is 0 Å². The largest absolute Gasteiger partial charge is 0.493 e. The van der Waals surface area contributed by atoms with Crippen LogP contribution in [0, 0.1) is 17.0 Å². The molecule has 11 heteroatoms. The van der Waals surface area contributed by atoms with E-state index in [0.717, 1.165) is 0 Å². The molecule has 0 aliphatic carbocycles. The van der Waals surface area contributed by atoms with E-state index in [4.69, 9.17) is 4.74 Å². The lowest BCUT2D eigenvalue weighted by Crippen LogP contribution is -2.20. The molecule has 0 saturated heterocycles. The highest BCUT2D eigenvalue weighted by Gasteiger charge is 2.18. The van der Waals surface area contributed by atoms with Crippen LogP contribution in [0.2, 0.25) is 0 Å². The number of carbonyl (C=O) groups is 1. The van der Waals surface area contributed by atoms with Crippen molar-refractivity contribution in [1.29, 1.82) is 0 Å². The molecule has 0 radical (unpaired) electrons. The zero-order valence-corrected chi connectivity index (χ0v) is 13.2. The number of nitro groups is 1. The van der Waals surface area contributed by atoms with Crippen molar-refractivity contribution >= 4 is 17.4 Å². The minimum Gasteiger partial charge on any atom is -0.493 e. The molecule has 1 N–H and O–H groups in total. The second kappa shape index (κ2) is 7.55. The van der Waals surface area contributed by atoms with Gasteiger partial charge in [0.05, 0.1) is 24.0 Å². The van der Waals surface area contributed by atoms with Crippen molar-refractivity contribution in [2.75, 3.05) is 12.4 Å². The number of ether oxygens (including phenoxy) is 2. The van der Waals surface area contributed by atoms with Crippen molar-refractivity contribution in [3.8, 4) is 11.5 Å². The first-order valence-electron chi connectivity index (χ1n) is 6.91. The van der Waals surface area contributed by atoms with E-state index < -0.39 is 17.4 Å². The molecule has 1 aromatic heterocycles. The van der Waals surface area contributed by atoms with Gasteiger partial charge in [-0.25, -0.2) is 0 Å². The summed E-state index contributed by atoms with van der Waals surface area (Å²) in [6, 6.07) is 5.14. The second-order valence-corrected chi connectivity index (χ2v) is 4.85. The number of hydrogen-bond acceptors (Lipinski definition) is 6. The first-order chi connectivity index (χ1) is 11.8. The molecule has 2 rings (SSSR count). The van der Waals surface area contributed by atoms with Gasteiger partial charge in [-0.2, -0.15) is 13.5 Å². The summed E-state index contributed by atoms with van der Waals surface area (Å²) in [7, 11) is 1.27. The van der Waals surface area contributed by atoms with E-state index in [1.54, 1.807) is 6.92 Å². The summed E-state index contributed by atoms with van der Waals surface area (Å²) in [5.74, 6) is -1.02. The highest BCUT2D eigenvalue weighted by molar-refractivity contribution is 5.90. The smallest absolute Gasteiger partial charge is 0.390 e. The Morgan fingerprint density at radius 3 is 2.68 bits per heavy atom. The molecule has 1 heterocycles. The lowest BCUT2D eigenvalue weighted by atomic mass is 10.2. The van der Waals surface area contributed by atoms with Gasteiger partial charge in [-0.05, 0) is 24.0 Å². The van der Waals surface area contributed by atoms with E-state index in [0.29, 0.717) is 5.69 Å². The zero-order valence-electron chi connectivity index (χ0n) is 13.2. The molecule has 0 aliphatic heterocycles. The van der Waals surface area contributed by atoms with E-state index in [1.165, 1.54) is 36.1 Å². The third kappa shape index (κ3) is 4.62. The maximum atomic E-state index is 12.3. The molecule has 0 fully saturated rings. The minimum absolute atomic E-state index is 0.0176. The van der Waals surface area contributed by atoms with Gasteiger partial charge in [0.1, 0.15) is 6.54 Å². The molecule has 0 atom stereocenters. The number of methoxy groups -OCH3 is 1. The monoisotopic (exact) mass is 356 g/mol. The predicted molar refractivity (Wildman–Crippen MR) is 81.9 cm³/mol. The number of rotatable bonds is 7. The van der Waals surface area contributed by atoms with Gasteiger partial charge in [-0.3, -0.25) is 4.79 Å². The summed E-state index contributed by atoms with van der Waals surface area (Å²) >= 11 is 0. The molecule has 1 amide bonds. The Kier molecular flexibility index (Phi) is 5.47. The van der Waals surface area contributed by atoms with Crippen LogP contribution in [0.4, 0.5) is 20.3 Å². The zero-order chi connectivity index (χ0) is 18.6. The SMILES string of the molecule is COc1cc(NC(=O)Cn2nc([N+](=O)[O-])cc2C)ccc1OC(F)F. The number of carbonyl (C=O) groups excluding carboxylic acids is 1. The van der Waals surface area contributed by atoms with Crippen LogP contribution >= 0.6 is 0 Å². The van der Waals surface area contributed by atoms with Crippen molar-refractivity contribution in [1.82, 2.24) is 9.78 Å². The van der Waals surface area contributed by atoms with Crippen molar-refractivity contribution in [3.05, 3.63) is 40.1 Å². The number of halogens is 2. The van der Waals surface area contributed by atoms with Crippen LogP contribution in [0.3, 0.4) is 0 Å². The van der Waals surface area contributed by atoms with Crippen molar-refractivity contribution in [2.24, 2.45) is 0 Å². The fourth-order valence-electron chi connectivity index (χ4n) is 2.02. The molecule has 0 aliphatic rings. The van der Waals surface area contributed by atoms with Crippen LogP contribution in [0.5, 0.6) is 11.5 Å². The quantitative estimate of drug-likeness (QED) is 0.602. The second-order valence-electron chi connectivity index (χ2n) is 4.85. The number of aromatic nitrogens is 2. The molecule has 0 bridgehead atoms. The van der Waals surface area contributed by atoms with E-state index in [2.05, 4.69) is 15.2 Å². The standard InChI is InChI=1S/C14H14F2N4O5/c1-8-5-12(20(22)23)18-19(8)7-13(21)17-9-3-4-10(25-14(15)16)11(6-9)24-2/h3-6,14H,7H2,1-2H3,(H,17,21). The third-order valence-electron chi connectivity index (χ3n) is 3.11. The number of amides is 1. The van der Waals surface area contributed by atoms with Crippen LogP contribution in [-0.4, -0.2) is 34.3 Å². The van der Waals surface area contributed by atoms with Gasteiger partial charge in [0, 0.05) is 11.8 Å². The summed E-state index contributed by atoms with van der Waals surface area (Å²) in [6.07, 6.45) is 0. The number of aryl methyl sites for hydroxylation is 1. The number of nitrogens with one attached hydrogen (secondary N) is 1. The average Bonchev–Trinajstić information content (AvgIpc) is 2.89. The van der Waals surface area contributed by atoms with Gasteiger partial charge in [0.2, 0.25) is 5.91 Å². The topological polar surface area (TPSA) is 109 Å². The summed E-state index contributed by atoms with van der Waals surface area (Å²) in [5, 5.41) is 16.9. The van der Waals surface area contributed by atoms with Crippen molar-refractivity contribution in [3.63, 3.8) is 0 Å². The fourth-order valence-corrected chi connectivity index (χ4v) is 2.02. The van der Waals surface area contributed by atoms with E-state index in [9.17, 15) is 23.7 Å². The molecule has 25 heavy (non-hydrogen) atoms. The Hall–Kier alpha value is -3.24. The van der Waals surface area contributed by atoms with Crippen LogP contribution in [0.15, 0.2) is 24.3 Å². The summed E-state index contributed by atoms with van der Waals surface area (Å²) in [6.45, 7) is -1.68. The molecule has 134 valence electrons. The number of alkyl halides is 2. The molecule has 2 aromatic rings. The highest BCUT2D eigenvalue weighted by atomic mass is 19.3. The van der Waals surface area contributed by atoms with E-state index in [1.807, 2.05) is 0 Å². The minimum atomic E-state index is -3.01. The molecule has 0 saturated carbocycles. The number of benzene rings is 1. The van der Waals surface area contributed by atoms with E-state index in [-0.39, 0.29) is 29.5 Å². The fraction of sp³-hybridized carbons (Fsp3) is 0.286. The van der Waals surface area contributed by atoms with Crippen molar-refractivity contribution < 1.29 is 28.0 Å². The van der Waals surface area contributed by atoms with Gasteiger partial charge in [-0.15, -0.1) is 0 Å². The first kappa shape index (κ1) is 18.1. The molecular formula is C14H14F2N4O5. The Morgan fingerprint density at radius 1 is 1.40 bits per heavy atom. The average molecular weight is 356 g/mol. The maximum absolute atomic E-state index is 12.3. The lowest BCUT2D eigenvalue weighted by Gasteiger charge is -2.12. The first-order valence-corrected chi connectivity index (χ1v) is 6.91. The Balaban J connectivity index is 2.09. The molecule has 0 spiro atoms. The predicted octanol–water partition coefficient (Wildman–Crippen LogP) is 2.35. The summed E-state index contributed by atoms with van der Waals surface area (Å²) < 4.78 is 35.0. The molecular weight excluding hydrogens is 342 g/mol. The third-order valence-corrected chi connectivity index (χ3v) is 3.11. The Bertz CT molecular complexity index is 794. The molecule has 1 aromatic carbocycles. The summed E-state index contributed by atoms with van der Waals surface area (Å²) in [5.41, 5.74) is 0.725. The normalized spacial score (nSPS) is 10.6. The highest BCUT2D eigenvalue weighted by Crippen LogP contribution is 2.31. The number of anilines is 1. The summed E-state index contributed by atoms with van der Waals surface area (Å²) in [4.78, 5) is 22.1. The van der Waals surface area contributed by atoms with Crippen LogP contribution in [0.1, 0.15) is 5.69 Å². The number of hydrogen-bond donors (Lipinski definition) is 1. The van der Waals surface area contributed by atoms with Crippen molar-refractivity contribution in [2.45, 2.75) is 20.1 Å². The lowest BCUT2D eigenvalue weighted by molar-refractivity contribution is -0.389. The van der Waals surface area contributed by atoms with Crippen LogP contribution < -0.4 is 14.8 Å². The van der Waals surface area contributed by atoms with E-state index >= 15 is 0 Å². The maximum Gasteiger partial charge on any atom is 0.390 e. The van der Waals surface area contributed by atoms with Gasteiger partial charge in [0.15, 0.2) is 11.5 Å². The molecule has 9 nitrogen and oxygen atoms in total.